The van der Waals surface area contributed by atoms with Gasteiger partial charge in [0.2, 0.25) is 0 Å². The van der Waals surface area contributed by atoms with Crippen molar-refractivity contribution in [2.75, 3.05) is 7.11 Å². The first kappa shape index (κ1) is 11.9. The largest absolute Gasteiger partial charge is 0.468 e. The molecular formula is C11H11BrO3. The molecule has 0 radical (unpaired) electrons. The van der Waals surface area contributed by atoms with E-state index in [1.165, 1.54) is 14.0 Å². The first-order chi connectivity index (χ1) is 7.06. The molecule has 0 aliphatic rings. The molecule has 1 aromatic rings. The van der Waals surface area contributed by atoms with Crippen molar-refractivity contribution in [2.45, 2.75) is 6.92 Å². The van der Waals surface area contributed by atoms with Crippen LogP contribution in [-0.4, -0.2) is 18.9 Å². The highest BCUT2D eigenvalue weighted by molar-refractivity contribution is 9.10. The lowest BCUT2D eigenvalue weighted by Crippen LogP contribution is -2.22. The Labute approximate surface area is 96.6 Å². The third-order valence-electron chi connectivity index (χ3n) is 2.06. The van der Waals surface area contributed by atoms with Crippen molar-refractivity contribution in [3.05, 3.63) is 34.3 Å². The molecule has 1 aromatic carbocycles. The highest BCUT2D eigenvalue weighted by Gasteiger charge is 2.23. The maximum absolute atomic E-state index is 11.8. The van der Waals surface area contributed by atoms with E-state index in [9.17, 15) is 9.59 Å². The van der Waals surface area contributed by atoms with Gasteiger partial charge in [-0.05, 0) is 19.1 Å². The average Bonchev–Trinajstić information content (AvgIpc) is 2.26. The molecule has 0 aliphatic carbocycles. The van der Waals surface area contributed by atoms with Crippen LogP contribution in [0.15, 0.2) is 28.7 Å². The lowest BCUT2D eigenvalue weighted by Gasteiger charge is -2.07. The van der Waals surface area contributed by atoms with E-state index in [2.05, 4.69) is 20.7 Å². The Morgan fingerprint density at radius 3 is 2.60 bits per heavy atom. The van der Waals surface area contributed by atoms with E-state index in [1.807, 2.05) is 6.07 Å². The van der Waals surface area contributed by atoms with Crippen LogP contribution in [0.5, 0.6) is 0 Å². The fraction of sp³-hybridized carbons (Fsp3) is 0.273. The second kappa shape index (κ2) is 5.07. The monoisotopic (exact) mass is 270 g/mol. The minimum Gasteiger partial charge on any atom is -0.468 e. The van der Waals surface area contributed by atoms with Gasteiger partial charge in [0.1, 0.15) is 5.92 Å². The summed E-state index contributed by atoms with van der Waals surface area (Å²) in [7, 11) is 1.27. The summed E-state index contributed by atoms with van der Waals surface area (Å²) in [5.41, 5.74) is 0.502. The molecule has 0 aliphatic heterocycles. The van der Waals surface area contributed by atoms with E-state index in [1.54, 1.807) is 18.2 Å². The molecule has 0 fully saturated rings. The van der Waals surface area contributed by atoms with Crippen molar-refractivity contribution in [1.29, 1.82) is 0 Å². The molecule has 0 amide bonds. The van der Waals surface area contributed by atoms with E-state index < -0.39 is 11.9 Å². The van der Waals surface area contributed by atoms with Crippen LogP contribution < -0.4 is 0 Å². The van der Waals surface area contributed by atoms with Gasteiger partial charge in [-0.15, -0.1) is 0 Å². The standard InChI is InChI=1S/C11H11BrO3/c1-7(11(14)15-2)10(13)8-4-3-5-9(12)6-8/h3-7H,1-2H3/t7-/m1/s1. The van der Waals surface area contributed by atoms with E-state index in [4.69, 9.17) is 0 Å². The summed E-state index contributed by atoms with van der Waals surface area (Å²) in [6.07, 6.45) is 0. The predicted molar refractivity (Wildman–Crippen MR) is 59.7 cm³/mol. The van der Waals surface area contributed by atoms with Crippen LogP contribution in [0.2, 0.25) is 0 Å². The fourth-order valence-electron chi connectivity index (χ4n) is 1.18. The molecule has 0 saturated heterocycles. The van der Waals surface area contributed by atoms with Gasteiger partial charge in [0.25, 0.3) is 0 Å². The molecule has 0 spiro atoms. The third kappa shape index (κ3) is 2.89. The molecule has 0 heterocycles. The van der Waals surface area contributed by atoms with Crippen molar-refractivity contribution in [1.82, 2.24) is 0 Å². The number of hydrogen-bond acceptors (Lipinski definition) is 3. The average molecular weight is 271 g/mol. The lowest BCUT2D eigenvalue weighted by molar-refractivity contribution is -0.143. The number of carbonyl (C=O) groups is 2. The summed E-state index contributed by atoms with van der Waals surface area (Å²) in [5, 5.41) is 0. The number of halogens is 1. The van der Waals surface area contributed by atoms with Crippen LogP contribution in [0.1, 0.15) is 17.3 Å². The van der Waals surface area contributed by atoms with Gasteiger partial charge in [-0.2, -0.15) is 0 Å². The number of benzene rings is 1. The van der Waals surface area contributed by atoms with Gasteiger partial charge in [-0.25, -0.2) is 0 Å². The summed E-state index contributed by atoms with van der Waals surface area (Å²) in [5.74, 6) is -1.51. The minimum absolute atomic E-state index is 0.233. The first-order valence-electron chi connectivity index (χ1n) is 4.44. The fourth-order valence-corrected chi connectivity index (χ4v) is 1.57. The van der Waals surface area contributed by atoms with E-state index in [0.29, 0.717) is 5.56 Å². The van der Waals surface area contributed by atoms with Crippen molar-refractivity contribution in [2.24, 2.45) is 5.92 Å². The van der Waals surface area contributed by atoms with Gasteiger partial charge in [0.05, 0.1) is 7.11 Å². The molecule has 0 unspecified atom stereocenters. The van der Waals surface area contributed by atoms with Gasteiger partial charge in [-0.1, -0.05) is 28.1 Å². The summed E-state index contributed by atoms with van der Waals surface area (Å²) in [6, 6.07) is 6.93. The van der Waals surface area contributed by atoms with E-state index in [-0.39, 0.29) is 5.78 Å². The van der Waals surface area contributed by atoms with Gasteiger partial charge in [0, 0.05) is 10.0 Å². The Kier molecular flexibility index (Phi) is 4.03. The van der Waals surface area contributed by atoms with Gasteiger partial charge in [0.15, 0.2) is 5.78 Å². The topological polar surface area (TPSA) is 43.4 Å². The van der Waals surface area contributed by atoms with Crippen LogP contribution in [-0.2, 0) is 9.53 Å². The van der Waals surface area contributed by atoms with Crippen LogP contribution in [0.4, 0.5) is 0 Å². The molecule has 80 valence electrons. The summed E-state index contributed by atoms with van der Waals surface area (Å²) < 4.78 is 5.32. The quantitative estimate of drug-likeness (QED) is 0.482. The van der Waals surface area contributed by atoms with Gasteiger partial charge < -0.3 is 4.74 Å². The van der Waals surface area contributed by atoms with Crippen molar-refractivity contribution in [3.63, 3.8) is 0 Å². The number of carbonyl (C=O) groups excluding carboxylic acids is 2. The molecule has 0 bridgehead atoms. The van der Waals surface area contributed by atoms with Gasteiger partial charge in [-0.3, -0.25) is 9.59 Å². The second-order valence-electron chi connectivity index (χ2n) is 3.12. The minimum atomic E-state index is -0.760. The number of rotatable bonds is 3. The molecule has 0 aromatic heterocycles. The van der Waals surface area contributed by atoms with E-state index >= 15 is 0 Å². The number of ether oxygens (including phenoxy) is 1. The first-order valence-corrected chi connectivity index (χ1v) is 5.23. The molecule has 3 nitrogen and oxygen atoms in total. The van der Waals surface area contributed by atoms with Crippen LogP contribution >= 0.6 is 15.9 Å². The molecule has 1 rings (SSSR count). The third-order valence-corrected chi connectivity index (χ3v) is 2.55. The Morgan fingerprint density at radius 1 is 1.40 bits per heavy atom. The van der Waals surface area contributed by atoms with Crippen molar-refractivity contribution in [3.8, 4) is 0 Å². The molecule has 0 N–H and O–H groups in total. The Morgan fingerprint density at radius 2 is 2.07 bits per heavy atom. The van der Waals surface area contributed by atoms with Crippen molar-refractivity contribution >= 4 is 27.7 Å². The Bertz CT molecular complexity index is 387. The zero-order chi connectivity index (χ0) is 11.4. The summed E-state index contributed by atoms with van der Waals surface area (Å²) >= 11 is 3.27. The molecule has 1 atom stereocenters. The number of hydrogen-bond donors (Lipinski definition) is 0. The molecular weight excluding hydrogens is 260 g/mol. The number of Topliss-reactive ketones (excluding diaryl/α,β-unsaturated/α-hetero) is 1. The molecule has 15 heavy (non-hydrogen) atoms. The Balaban J connectivity index is 2.90. The highest BCUT2D eigenvalue weighted by Crippen LogP contribution is 2.15. The zero-order valence-electron chi connectivity index (χ0n) is 8.49. The number of esters is 1. The summed E-state index contributed by atoms with van der Waals surface area (Å²) in [4.78, 5) is 22.9. The smallest absolute Gasteiger partial charge is 0.316 e. The van der Waals surface area contributed by atoms with E-state index in [0.717, 1.165) is 4.47 Å². The van der Waals surface area contributed by atoms with Crippen LogP contribution in [0.25, 0.3) is 0 Å². The normalized spacial score (nSPS) is 11.9. The maximum atomic E-state index is 11.8. The number of ketones is 1. The Hall–Kier alpha value is -1.16. The zero-order valence-corrected chi connectivity index (χ0v) is 10.1. The predicted octanol–water partition coefficient (Wildman–Crippen LogP) is 2.44. The summed E-state index contributed by atoms with van der Waals surface area (Å²) in [6.45, 7) is 1.54. The van der Waals surface area contributed by atoms with Crippen LogP contribution in [0, 0.1) is 5.92 Å². The van der Waals surface area contributed by atoms with Gasteiger partial charge >= 0.3 is 5.97 Å². The van der Waals surface area contributed by atoms with Crippen molar-refractivity contribution < 1.29 is 14.3 Å². The SMILES string of the molecule is COC(=O)[C@H](C)C(=O)c1cccc(Br)c1. The second-order valence-corrected chi connectivity index (χ2v) is 4.04. The maximum Gasteiger partial charge on any atom is 0.316 e. The van der Waals surface area contributed by atoms with Crippen LogP contribution in [0.3, 0.4) is 0 Å². The lowest BCUT2D eigenvalue weighted by atomic mass is 10.00. The molecule has 4 heteroatoms. The molecule has 0 saturated carbocycles. The number of methoxy groups -OCH3 is 1. The highest BCUT2D eigenvalue weighted by atomic mass is 79.9.